The fraction of sp³-hybridized carbons (Fsp3) is 0.538. The van der Waals surface area contributed by atoms with E-state index in [2.05, 4.69) is 52.0 Å². The van der Waals surface area contributed by atoms with Gasteiger partial charge in [-0.2, -0.15) is 0 Å². The highest BCUT2D eigenvalue weighted by molar-refractivity contribution is 5.32. The van der Waals surface area contributed by atoms with E-state index in [-0.39, 0.29) is 6.04 Å². The van der Waals surface area contributed by atoms with E-state index in [0.717, 1.165) is 0 Å². The molecule has 0 aliphatic rings. The molecule has 0 amide bonds. The lowest BCUT2D eigenvalue weighted by Crippen LogP contribution is -2.18. The van der Waals surface area contributed by atoms with Gasteiger partial charge in [0.1, 0.15) is 0 Å². The molecule has 2 N–H and O–H groups in total. The van der Waals surface area contributed by atoms with Crippen LogP contribution in [0.1, 0.15) is 50.8 Å². The van der Waals surface area contributed by atoms with Gasteiger partial charge in [-0.25, -0.2) is 0 Å². The lowest BCUT2D eigenvalue weighted by Gasteiger charge is -2.21. The Balaban J connectivity index is 3.06. The van der Waals surface area contributed by atoms with Crippen molar-refractivity contribution < 1.29 is 0 Å². The highest BCUT2D eigenvalue weighted by Gasteiger charge is 2.15. The average Bonchev–Trinajstić information content (AvgIpc) is 2.16. The number of hydrogen-bond acceptors (Lipinski definition) is 1. The topological polar surface area (TPSA) is 26.0 Å². The maximum absolute atomic E-state index is 6.18. The predicted octanol–water partition coefficient (Wildman–Crippen LogP) is 3.47. The molecule has 1 nitrogen and oxygen atoms in total. The van der Waals surface area contributed by atoms with E-state index in [0.29, 0.717) is 11.8 Å². The maximum atomic E-state index is 6.18. The fourth-order valence-electron chi connectivity index (χ4n) is 1.70. The Morgan fingerprint density at radius 2 is 1.43 bits per heavy atom. The van der Waals surface area contributed by atoms with Crippen LogP contribution in [0.15, 0.2) is 24.3 Å². The van der Waals surface area contributed by atoms with Crippen LogP contribution in [0, 0.1) is 5.92 Å². The van der Waals surface area contributed by atoms with Gasteiger partial charge in [0, 0.05) is 6.04 Å². The Morgan fingerprint density at radius 1 is 0.929 bits per heavy atom. The summed E-state index contributed by atoms with van der Waals surface area (Å²) >= 11 is 0. The van der Waals surface area contributed by atoms with Gasteiger partial charge in [0.15, 0.2) is 0 Å². The molecule has 1 rings (SSSR count). The monoisotopic (exact) mass is 191 g/mol. The Bertz CT molecular complexity index is 289. The second-order valence-electron chi connectivity index (χ2n) is 4.55. The van der Waals surface area contributed by atoms with Gasteiger partial charge in [0.2, 0.25) is 0 Å². The minimum Gasteiger partial charge on any atom is -0.324 e. The number of nitrogens with two attached hydrogens (primary N) is 1. The summed E-state index contributed by atoms with van der Waals surface area (Å²) < 4.78 is 0. The second kappa shape index (κ2) is 4.61. The molecule has 1 aromatic rings. The minimum absolute atomic E-state index is 0.161. The van der Waals surface area contributed by atoms with E-state index >= 15 is 0 Å². The van der Waals surface area contributed by atoms with Crippen LogP contribution in [-0.2, 0) is 0 Å². The van der Waals surface area contributed by atoms with Crippen LogP contribution < -0.4 is 5.73 Å². The molecule has 0 aliphatic carbocycles. The summed E-state index contributed by atoms with van der Waals surface area (Å²) in [5, 5.41) is 0. The van der Waals surface area contributed by atoms with Crippen LogP contribution in [0.2, 0.25) is 0 Å². The molecule has 0 saturated carbocycles. The first-order valence-corrected chi connectivity index (χ1v) is 5.38. The van der Waals surface area contributed by atoms with Gasteiger partial charge in [0.05, 0.1) is 0 Å². The van der Waals surface area contributed by atoms with E-state index in [1.54, 1.807) is 0 Å². The Labute approximate surface area is 87.3 Å². The number of hydrogen-bond donors (Lipinski definition) is 1. The first-order chi connectivity index (χ1) is 6.54. The van der Waals surface area contributed by atoms with Crippen molar-refractivity contribution in [2.45, 2.75) is 39.7 Å². The molecule has 14 heavy (non-hydrogen) atoms. The van der Waals surface area contributed by atoms with E-state index in [1.807, 2.05) is 0 Å². The summed E-state index contributed by atoms with van der Waals surface area (Å²) in [6, 6.07) is 8.66. The van der Waals surface area contributed by atoms with Crippen LogP contribution >= 0.6 is 0 Å². The molecule has 0 aromatic heterocycles. The normalized spacial score (nSPS) is 13.6. The zero-order valence-electron chi connectivity index (χ0n) is 9.62. The van der Waals surface area contributed by atoms with Crippen LogP contribution in [0.3, 0.4) is 0 Å². The summed E-state index contributed by atoms with van der Waals surface area (Å²) in [4.78, 5) is 0. The summed E-state index contributed by atoms with van der Waals surface area (Å²) in [7, 11) is 0. The molecule has 0 saturated heterocycles. The molecular formula is C13H21N. The van der Waals surface area contributed by atoms with Gasteiger partial charge >= 0.3 is 0 Å². The Kier molecular flexibility index (Phi) is 3.70. The molecule has 0 spiro atoms. The first kappa shape index (κ1) is 11.3. The maximum Gasteiger partial charge on any atom is 0.0321 e. The highest BCUT2D eigenvalue weighted by atomic mass is 14.6. The number of benzene rings is 1. The van der Waals surface area contributed by atoms with Gasteiger partial charge in [-0.15, -0.1) is 0 Å². The van der Waals surface area contributed by atoms with Crippen molar-refractivity contribution in [1.29, 1.82) is 0 Å². The molecule has 0 fully saturated rings. The van der Waals surface area contributed by atoms with Crippen LogP contribution in [0.5, 0.6) is 0 Å². The zero-order valence-corrected chi connectivity index (χ0v) is 9.62. The Morgan fingerprint density at radius 3 is 1.86 bits per heavy atom. The van der Waals surface area contributed by atoms with Crippen molar-refractivity contribution in [3.05, 3.63) is 35.4 Å². The van der Waals surface area contributed by atoms with Crippen molar-refractivity contribution >= 4 is 0 Å². The van der Waals surface area contributed by atoms with Crippen LogP contribution in [0.4, 0.5) is 0 Å². The average molecular weight is 191 g/mol. The molecule has 0 radical (unpaired) electrons. The third-order valence-electron chi connectivity index (χ3n) is 2.70. The minimum atomic E-state index is 0.161. The van der Waals surface area contributed by atoms with Crippen molar-refractivity contribution in [3.63, 3.8) is 0 Å². The molecule has 0 unspecified atom stereocenters. The molecule has 0 bridgehead atoms. The number of rotatable bonds is 3. The molecular weight excluding hydrogens is 170 g/mol. The largest absolute Gasteiger partial charge is 0.324 e. The van der Waals surface area contributed by atoms with E-state index in [9.17, 15) is 0 Å². The highest BCUT2D eigenvalue weighted by Crippen LogP contribution is 2.27. The smallest absolute Gasteiger partial charge is 0.0321 e. The summed E-state index contributed by atoms with van der Waals surface area (Å²) in [6.45, 7) is 8.77. The lowest BCUT2D eigenvalue weighted by molar-refractivity contribution is 0.508. The zero-order chi connectivity index (χ0) is 10.7. The predicted molar refractivity (Wildman–Crippen MR) is 62.3 cm³/mol. The van der Waals surface area contributed by atoms with Crippen molar-refractivity contribution in [1.82, 2.24) is 0 Å². The standard InChI is InChI=1S/C13H21N/c1-9(2)11-7-5-6-8-12(11)13(14)10(3)4/h5-10,13H,14H2,1-4H3/t13-/m1/s1. The second-order valence-corrected chi connectivity index (χ2v) is 4.55. The summed E-state index contributed by atoms with van der Waals surface area (Å²) in [5.41, 5.74) is 8.86. The third-order valence-corrected chi connectivity index (χ3v) is 2.70. The van der Waals surface area contributed by atoms with Crippen LogP contribution in [-0.4, -0.2) is 0 Å². The van der Waals surface area contributed by atoms with Crippen molar-refractivity contribution in [3.8, 4) is 0 Å². The fourth-order valence-corrected chi connectivity index (χ4v) is 1.70. The summed E-state index contributed by atoms with van der Waals surface area (Å²) in [6.07, 6.45) is 0. The van der Waals surface area contributed by atoms with Crippen molar-refractivity contribution in [2.75, 3.05) is 0 Å². The lowest BCUT2D eigenvalue weighted by atomic mass is 9.88. The van der Waals surface area contributed by atoms with E-state index < -0.39 is 0 Å². The Hall–Kier alpha value is -0.820. The molecule has 0 heterocycles. The van der Waals surface area contributed by atoms with Gasteiger partial charge < -0.3 is 5.73 Å². The van der Waals surface area contributed by atoms with Gasteiger partial charge in [-0.05, 0) is 23.0 Å². The van der Waals surface area contributed by atoms with E-state index in [4.69, 9.17) is 5.73 Å². The van der Waals surface area contributed by atoms with Crippen molar-refractivity contribution in [2.24, 2.45) is 11.7 Å². The van der Waals surface area contributed by atoms with E-state index in [1.165, 1.54) is 11.1 Å². The summed E-state index contributed by atoms with van der Waals surface area (Å²) in [5.74, 6) is 1.05. The SMILES string of the molecule is CC(C)c1ccccc1[C@H](N)C(C)C. The van der Waals surface area contributed by atoms with Gasteiger partial charge in [0.25, 0.3) is 0 Å². The molecule has 78 valence electrons. The molecule has 1 heteroatoms. The molecule has 1 atom stereocenters. The molecule has 1 aromatic carbocycles. The first-order valence-electron chi connectivity index (χ1n) is 5.38. The quantitative estimate of drug-likeness (QED) is 0.778. The molecule has 0 aliphatic heterocycles. The van der Waals surface area contributed by atoms with Gasteiger partial charge in [-0.1, -0.05) is 52.0 Å². The van der Waals surface area contributed by atoms with Crippen LogP contribution in [0.25, 0.3) is 0 Å². The van der Waals surface area contributed by atoms with Gasteiger partial charge in [-0.3, -0.25) is 0 Å². The third kappa shape index (κ3) is 2.36.